The van der Waals surface area contributed by atoms with Crippen LogP contribution in [0.4, 0.5) is 21.0 Å². The second-order valence-electron chi connectivity index (χ2n) is 12.1. The molecule has 3 aromatic heterocycles. The predicted octanol–water partition coefficient (Wildman–Crippen LogP) is 5.10. The molecule has 1 aromatic carbocycles. The van der Waals surface area contributed by atoms with Crippen LogP contribution in [0.15, 0.2) is 36.5 Å². The van der Waals surface area contributed by atoms with E-state index in [-0.39, 0.29) is 11.7 Å². The summed E-state index contributed by atoms with van der Waals surface area (Å²) in [5.41, 5.74) is 5.71. The van der Waals surface area contributed by atoms with Crippen molar-refractivity contribution in [3.63, 3.8) is 0 Å². The molecule has 0 atom stereocenters. The van der Waals surface area contributed by atoms with Gasteiger partial charge in [0, 0.05) is 51.4 Å². The molecule has 11 heteroatoms. The minimum Gasteiger partial charge on any atom is -0.369 e. The predicted molar refractivity (Wildman–Crippen MR) is 169 cm³/mol. The van der Waals surface area contributed by atoms with Crippen LogP contribution in [0.25, 0.3) is 16.9 Å². The number of likely N-dealkylation sites (tertiary alicyclic amines) is 1. The second-order valence-corrected chi connectivity index (χ2v) is 13.1. The summed E-state index contributed by atoms with van der Waals surface area (Å²) in [5, 5.41) is 10.5. The summed E-state index contributed by atoms with van der Waals surface area (Å²) in [5.74, 6) is 0.769. The van der Waals surface area contributed by atoms with Gasteiger partial charge in [0.1, 0.15) is 33.9 Å². The number of amides is 1. The van der Waals surface area contributed by atoms with Gasteiger partial charge in [-0.3, -0.25) is 14.1 Å². The molecule has 4 aromatic rings. The summed E-state index contributed by atoms with van der Waals surface area (Å²) in [6, 6.07) is 10.6. The zero-order valence-corrected chi connectivity index (χ0v) is 26.2. The molecule has 224 valence electrons. The molecule has 1 spiro atoms. The molecule has 0 unspecified atom stereocenters. The quantitative estimate of drug-likeness (QED) is 0.292. The highest BCUT2D eigenvalue weighted by Crippen LogP contribution is 2.44. The lowest BCUT2D eigenvalue weighted by atomic mass is 9.72. The van der Waals surface area contributed by atoms with Crippen LogP contribution in [0.3, 0.4) is 0 Å². The third-order valence-electron chi connectivity index (χ3n) is 8.90. The number of piperidine rings is 1. The van der Waals surface area contributed by atoms with Crippen molar-refractivity contribution in [2.75, 3.05) is 63.7 Å². The molecule has 1 amide bonds. The van der Waals surface area contributed by atoms with Gasteiger partial charge in [-0.25, -0.2) is 14.4 Å². The average molecular weight is 601 g/mol. The van der Waals surface area contributed by atoms with Gasteiger partial charge in [0.2, 0.25) is 5.91 Å². The molecule has 2 fully saturated rings. The number of thiazole rings is 1. The lowest BCUT2D eigenvalue weighted by Gasteiger charge is -2.55. The van der Waals surface area contributed by atoms with Crippen molar-refractivity contribution in [1.82, 2.24) is 24.2 Å². The number of aryl methyl sites for hydroxylation is 2. The molecule has 43 heavy (non-hydrogen) atoms. The van der Waals surface area contributed by atoms with Crippen LogP contribution >= 0.6 is 11.3 Å². The Hall–Kier alpha value is -4.01. The number of nitriles is 1. The van der Waals surface area contributed by atoms with Crippen molar-refractivity contribution < 1.29 is 9.18 Å². The van der Waals surface area contributed by atoms with Crippen LogP contribution in [-0.4, -0.2) is 83.9 Å². The number of rotatable bonds is 7. The van der Waals surface area contributed by atoms with E-state index in [1.165, 1.54) is 29.2 Å². The number of imidazole rings is 1. The summed E-state index contributed by atoms with van der Waals surface area (Å²) in [6.07, 6.45) is 5.13. The Labute approximate surface area is 255 Å². The van der Waals surface area contributed by atoms with Crippen molar-refractivity contribution >= 4 is 39.5 Å². The Morgan fingerprint density at radius 3 is 2.47 bits per heavy atom. The van der Waals surface area contributed by atoms with Crippen molar-refractivity contribution in [2.24, 2.45) is 5.41 Å². The van der Waals surface area contributed by atoms with Crippen LogP contribution in [0.5, 0.6) is 0 Å². The van der Waals surface area contributed by atoms with Gasteiger partial charge in [0.05, 0.1) is 17.9 Å². The van der Waals surface area contributed by atoms with Gasteiger partial charge < -0.3 is 14.7 Å². The molecule has 9 nitrogen and oxygen atoms in total. The topological polar surface area (TPSA) is 84.0 Å². The number of anilines is 3. The molecule has 0 N–H and O–H groups in total. The number of carbonyl (C=O) groups is 1. The Balaban J connectivity index is 1.26. The monoisotopic (exact) mass is 600 g/mol. The number of nitrogens with zero attached hydrogens (tertiary/aromatic N) is 8. The smallest absolute Gasteiger partial charge is 0.236 e. The molecule has 5 heterocycles. The molecule has 0 radical (unpaired) electrons. The van der Waals surface area contributed by atoms with E-state index in [2.05, 4.69) is 46.4 Å². The molecule has 0 bridgehead atoms. The van der Waals surface area contributed by atoms with Crippen molar-refractivity contribution in [2.45, 2.75) is 33.1 Å². The Bertz CT molecular complexity index is 1700. The first kappa shape index (κ1) is 29.1. The van der Waals surface area contributed by atoms with Crippen molar-refractivity contribution in [3.05, 3.63) is 58.5 Å². The van der Waals surface area contributed by atoms with Gasteiger partial charge in [-0.2, -0.15) is 5.26 Å². The Morgan fingerprint density at radius 1 is 1.14 bits per heavy atom. The third kappa shape index (κ3) is 5.34. The maximum absolute atomic E-state index is 13.6. The number of halogens is 1. The van der Waals surface area contributed by atoms with E-state index >= 15 is 0 Å². The first-order valence-corrected chi connectivity index (χ1v) is 15.5. The Morgan fingerprint density at radius 2 is 1.84 bits per heavy atom. The number of likely N-dealkylation sites (N-methyl/N-ethyl adjacent to an activating group) is 1. The van der Waals surface area contributed by atoms with E-state index in [0.717, 1.165) is 68.2 Å². The standard InChI is InChI=1S/C32H37FN8OS/c1-6-25-30(38(5)31-36-28(26(16-34)43-31)22-7-9-23(33)10-8-22)41-17-24(15-21(2)29(41)35-25)40-19-32(20-40)11-13-39(14-12-32)18-27(42)37(3)4/h7-10,15,17H,6,11-14,18-20H2,1-5H3. The molecular weight excluding hydrogens is 563 g/mol. The zero-order chi connectivity index (χ0) is 30.5. The van der Waals surface area contributed by atoms with Gasteiger partial charge in [0.25, 0.3) is 0 Å². The van der Waals surface area contributed by atoms with Crippen LogP contribution in [0, 0.1) is 29.5 Å². The van der Waals surface area contributed by atoms with E-state index in [0.29, 0.717) is 33.2 Å². The first-order valence-electron chi connectivity index (χ1n) is 14.7. The van der Waals surface area contributed by atoms with E-state index in [9.17, 15) is 14.4 Å². The van der Waals surface area contributed by atoms with E-state index in [1.54, 1.807) is 17.0 Å². The number of benzene rings is 1. The second kappa shape index (κ2) is 11.2. The lowest BCUT2D eigenvalue weighted by molar-refractivity contribution is -0.130. The van der Waals surface area contributed by atoms with E-state index < -0.39 is 0 Å². The van der Waals surface area contributed by atoms with Crippen molar-refractivity contribution in [3.8, 4) is 17.3 Å². The minimum atomic E-state index is -0.325. The van der Waals surface area contributed by atoms with E-state index in [1.807, 2.05) is 26.0 Å². The highest BCUT2D eigenvalue weighted by molar-refractivity contribution is 7.16. The number of carbonyl (C=O) groups excluding carboxylic acids is 1. The Kier molecular flexibility index (Phi) is 7.60. The molecular formula is C32H37FN8OS. The molecule has 0 aliphatic carbocycles. The maximum Gasteiger partial charge on any atom is 0.236 e. The fourth-order valence-corrected chi connectivity index (χ4v) is 7.14. The molecule has 2 aliphatic rings. The van der Waals surface area contributed by atoms with Crippen LogP contribution < -0.4 is 9.80 Å². The normalized spacial score (nSPS) is 16.3. The minimum absolute atomic E-state index is 0.163. The number of hydrogen-bond acceptors (Lipinski definition) is 8. The highest BCUT2D eigenvalue weighted by atomic mass is 32.1. The van der Waals surface area contributed by atoms with Crippen LogP contribution in [0.1, 0.15) is 35.9 Å². The number of hydrogen-bond donors (Lipinski definition) is 0. The van der Waals surface area contributed by atoms with Gasteiger partial charge in [-0.1, -0.05) is 18.3 Å². The summed E-state index contributed by atoms with van der Waals surface area (Å²) in [6.45, 7) is 8.63. The van der Waals surface area contributed by atoms with Crippen molar-refractivity contribution in [1.29, 1.82) is 5.26 Å². The largest absolute Gasteiger partial charge is 0.369 e. The summed E-state index contributed by atoms with van der Waals surface area (Å²) in [7, 11) is 5.59. The molecule has 0 saturated carbocycles. The van der Waals surface area contributed by atoms with E-state index in [4.69, 9.17) is 9.97 Å². The molecule has 6 rings (SSSR count). The highest BCUT2D eigenvalue weighted by Gasteiger charge is 2.45. The number of pyridine rings is 1. The fraction of sp³-hybridized carbons (Fsp3) is 0.438. The SMILES string of the molecule is CCc1nc2c(C)cc(N3CC4(CCN(CC(=O)N(C)C)CC4)C3)cn2c1N(C)c1nc(-c2ccc(F)cc2)c(C#N)s1. The zero-order valence-electron chi connectivity index (χ0n) is 25.4. The van der Waals surface area contributed by atoms with Gasteiger partial charge in [-0.15, -0.1) is 0 Å². The van der Waals surface area contributed by atoms with Crippen LogP contribution in [0.2, 0.25) is 0 Å². The van der Waals surface area contributed by atoms with Gasteiger partial charge >= 0.3 is 0 Å². The van der Waals surface area contributed by atoms with Gasteiger partial charge in [0.15, 0.2) is 5.13 Å². The molecule has 2 saturated heterocycles. The lowest BCUT2D eigenvalue weighted by Crippen LogP contribution is -2.61. The summed E-state index contributed by atoms with van der Waals surface area (Å²) in [4.78, 5) is 30.9. The summed E-state index contributed by atoms with van der Waals surface area (Å²) < 4.78 is 15.7. The fourth-order valence-electron chi connectivity index (χ4n) is 6.30. The maximum atomic E-state index is 13.6. The summed E-state index contributed by atoms with van der Waals surface area (Å²) >= 11 is 1.32. The number of aromatic nitrogens is 3. The average Bonchev–Trinajstić information content (AvgIpc) is 3.58. The van der Waals surface area contributed by atoms with Crippen LogP contribution in [-0.2, 0) is 11.2 Å². The third-order valence-corrected chi connectivity index (χ3v) is 9.94. The van der Waals surface area contributed by atoms with Gasteiger partial charge in [-0.05, 0) is 75.2 Å². The molecule has 2 aliphatic heterocycles. The number of fused-ring (bicyclic) bond motifs is 1. The first-order chi connectivity index (χ1) is 20.6.